The van der Waals surface area contributed by atoms with Gasteiger partial charge in [0, 0.05) is 17.7 Å². The van der Waals surface area contributed by atoms with Crippen molar-refractivity contribution in [3.05, 3.63) is 29.3 Å². The summed E-state index contributed by atoms with van der Waals surface area (Å²) in [6.45, 7) is 2.80. The molecule has 2 rings (SSSR count). The highest BCUT2D eigenvalue weighted by molar-refractivity contribution is 7.59. The normalized spacial score (nSPS) is 17.4. The van der Waals surface area contributed by atoms with Gasteiger partial charge in [0.05, 0.1) is 6.54 Å². The molecule has 1 aliphatic rings. The number of amides is 2. The highest BCUT2D eigenvalue weighted by Gasteiger charge is 2.20. The van der Waals surface area contributed by atoms with Gasteiger partial charge in [0.25, 0.3) is 5.91 Å². The Balaban J connectivity index is 0.00000180. The van der Waals surface area contributed by atoms with E-state index in [9.17, 15) is 9.59 Å². The molecule has 0 bridgehead atoms. The lowest BCUT2D eigenvalue weighted by Crippen LogP contribution is -2.29. The molecule has 1 heterocycles. The first kappa shape index (κ1) is 15.3. The third-order valence-electron chi connectivity index (χ3n) is 2.77. The summed E-state index contributed by atoms with van der Waals surface area (Å²) >= 11 is 0. The number of nitrogens with zero attached hydrogens (tertiary/aromatic N) is 1. The minimum atomic E-state index is -0.592. The lowest BCUT2D eigenvalue weighted by Gasteiger charge is -2.16. The van der Waals surface area contributed by atoms with Crippen molar-refractivity contribution in [2.45, 2.75) is 19.6 Å². The number of carbonyl (C=O) groups excluding carboxylic acids is 2. The van der Waals surface area contributed by atoms with Gasteiger partial charge in [-0.05, 0) is 19.1 Å². The Morgan fingerprint density at radius 3 is 2.95 bits per heavy atom. The molecule has 0 aliphatic carbocycles. The Labute approximate surface area is 117 Å². The highest BCUT2D eigenvalue weighted by atomic mass is 32.1. The van der Waals surface area contributed by atoms with Crippen LogP contribution in [-0.2, 0) is 11.3 Å². The van der Waals surface area contributed by atoms with E-state index in [4.69, 9.17) is 9.94 Å². The van der Waals surface area contributed by atoms with Crippen LogP contribution in [0.4, 0.5) is 0 Å². The second kappa shape index (κ2) is 6.44. The van der Waals surface area contributed by atoms with Gasteiger partial charge >= 0.3 is 0 Å². The fourth-order valence-corrected chi connectivity index (χ4v) is 1.95. The molecule has 19 heavy (non-hydrogen) atoms. The second-order valence-corrected chi connectivity index (χ2v) is 4.23. The lowest BCUT2D eigenvalue weighted by atomic mass is 10.1. The Bertz CT molecular complexity index is 481. The van der Waals surface area contributed by atoms with E-state index in [2.05, 4.69) is 0 Å². The number of hydrogen-bond donors (Lipinski definition) is 2. The average molecular weight is 284 g/mol. The van der Waals surface area contributed by atoms with Gasteiger partial charge in [0.2, 0.25) is 6.41 Å². The Morgan fingerprint density at radius 1 is 1.58 bits per heavy atom. The number of hydrogen-bond acceptors (Lipinski definition) is 4. The predicted molar refractivity (Wildman–Crippen MR) is 72.6 cm³/mol. The quantitative estimate of drug-likeness (QED) is 0.475. The van der Waals surface area contributed by atoms with E-state index in [-0.39, 0.29) is 19.6 Å². The molecule has 2 N–H and O–H groups in total. The summed E-state index contributed by atoms with van der Waals surface area (Å²) in [5.74, 6) is -0.0292. The van der Waals surface area contributed by atoms with E-state index in [1.54, 1.807) is 28.6 Å². The molecule has 2 amide bonds. The molecular weight excluding hydrogens is 268 g/mol. The number of ether oxygens (including phenoxy) is 1. The van der Waals surface area contributed by atoms with Crippen molar-refractivity contribution in [1.82, 2.24) is 10.4 Å². The number of benzene rings is 1. The van der Waals surface area contributed by atoms with E-state index >= 15 is 0 Å². The molecule has 0 saturated carbocycles. The first-order valence-electron chi connectivity index (χ1n) is 5.57. The molecule has 0 aromatic heterocycles. The number of fused-ring (bicyclic) bond motifs is 1. The molecule has 1 aromatic rings. The van der Waals surface area contributed by atoms with Crippen LogP contribution in [0.3, 0.4) is 0 Å². The maximum Gasteiger partial charge on any atom is 0.274 e. The van der Waals surface area contributed by atoms with Gasteiger partial charge in [0.1, 0.15) is 11.9 Å². The lowest BCUT2D eigenvalue weighted by molar-refractivity contribution is -0.119. The molecule has 0 saturated heterocycles. The second-order valence-electron chi connectivity index (χ2n) is 4.23. The van der Waals surface area contributed by atoms with E-state index in [0.717, 1.165) is 12.0 Å². The van der Waals surface area contributed by atoms with Gasteiger partial charge in [-0.25, -0.2) is 5.48 Å². The third kappa shape index (κ3) is 3.39. The van der Waals surface area contributed by atoms with Crippen molar-refractivity contribution in [2.24, 2.45) is 0 Å². The summed E-state index contributed by atoms with van der Waals surface area (Å²) in [5, 5.41) is 8.59. The zero-order valence-electron chi connectivity index (χ0n) is 10.4. The topological polar surface area (TPSA) is 78.9 Å². The smallest absolute Gasteiger partial charge is 0.274 e. The monoisotopic (exact) mass is 284 g/mol. The first-order valence-corrected chi connectivity index (χ1v) is 5.57. The van der Waals surface area contributed by atoms with Crippen LogP contribution >= 0.6 is 13.5 Å². The van der Waals surface area contributed by atoms with Crippen molar-refractivity contribution < 1.29 is 19.5 Å². The maximum atomic E-state index is 11.3. The van der Waals surface area contributed by atoms with Gasteiger partial charge in [-0.1, -0.05) is 6.07 Å². The fourth-order valence-electron chi connectivity index (χ4n) is 1.95. The SMILES string of the molecule is C[C@H]1CN(C=O)Cc2ccc(C(=O)NO)cc2O1.S. The Morgan fingerprint density at radius 2 is 2.32 bits per heavy atom. The van der Waals surface area contributed by atoms with E-state index in [0.29, 0.717) is 24.4 Å². The molecule has 0 fully saturated rings. The largest absolute Gasteiger partial charge is 0.488 e. The van der Waals surface area contributed by atoms with E-state index in [1.165, 1.54) is 0 Å². The van der Waals surface area contributed by atoms with Crippen molar-refractivity contribution in [2.75, 3.05) is 6.54 Å². The standard InChI is InChI=1S/C12H14N2O4.H2S/c1-8-5-14(7-15)6-10-3-2-9(12(16)13-17)4-11(10)18-8;/h2-4,7-8,17H,5-6H2,1H3,(H,13,16);1H2/t8-;/m0./s1. The van der Waals surface area contributed by atoms with Crippen LogP contribution in [0.25, 0.3) is 0 Å². The van der Waals surface area contributed by atoms with E-state index in [1.807, 2.05) is 6.92 Å². The van der Waals surface area contributed by atoms with Crippen LogP contribution in [0, 0.1) is 0 Å². The zero-order valence-corrected chi connectivity index (χ0v) is 11.4. The van der Waals surface area contributed by atoms with Crippen LogP contribution in [-0.4, -0.2) is 35.1 Å². The zero-order chi connectivity index (χ0) is 13.1. The third-order valence-corrected chi connectivity index (χ3v) is 2.77. The van der Waals surface area contributed by atoms with Gasteiger partial charge in [-0.15, -0.1) is 0 Å². The van der Waals surface area contributed by atoms with Gasteiger partial charge in [-0.2, -0.15) is 13.5 Å². The molecule has 1 aliphatic heterocycles. The van der Waals surface area contributed by atoms with Crippen molar-refractivity contribution in [3.8, 4) is 5.75 Å². The Hall–Kier alpha value is -1.73. The minimum Gasteiger partial charge on any atom is -0.488 e. The summed E-state index contributed by atoms with van der Waals surface area (Å²) in [6.07, 6.45) is 0.632. The minimum absolute atomic E-state index is 0. The summed E-state index contributed by atoms with van der Waals surface area (Å²) in [5.41, 5.74) is 2.72. The summed E-state index contributed by atoms with van der Waals surface area (Å²) in [6, 6.07) is 4.85. The number of carbonyl (C=O) groups is 2. The molecule has 7 heteroatoms. The number of rotatable bonds is 2. The Kier molecular flexibility index (Phi) is 5.20. The molecule has 1 aromatic carbocycles. The van der Waals surface area contributed by atoms with Gasteiger partial charge in [0.15, 0.2) is 0 Å². The van der Waals surface area contributed by atoms with Crippen LogP contribution in [0.15, 0.2) is 18.2 Å². The summed E-state index contributed by atoms with van der Waals surface area (Å²) in [7, 11) is 0. The molecular formula is C12H16N2O4S. The number of hydroxylamine groups is 1. The molecule has 0 spiro atoms. The van der Waals surface area contributed by atoms with Crippen LogP contribution < -0.4 is 10.2 Å². The van der Waals surface area contributed by atoms with Gasteiger partial charge < -0.3 is 9.64 Å². The fraction of sp³-hybridized carbons (Fsp3) is 0.333. The number of nitrogens with one attached hydrogen (secondary N) is 1. The maximum absolute atomic E-state index is 11.3. The predicted octanol–water partition coefficient (Wildman–Crippen LogP) is 0.658. The van der Waals surface area contributed by atoms with Crippen LogP contribution in [0.5, 0.6) is 5.75 Å². The van der Waals surface area contributed by atoms with Crippen molar-refractivity contribution in [3.63, 3.8) is 0 Å². The molecule has 6 nitrogen and oxygen atoms in total. The van der Waals surface area contributed by atoms with Crippen LogP contribution in [0.1, 0.15) is 22.8 Å². The van der Waals surface area contributed by atoms with E-state index < -0.39 is 5.91 Å². The first-order chi connectivity index (χ1) is 8.63. The molecule has 104 valence electrons. The van der Waals surface area contributed by atoms with Crippen molar-refractivity contribution in [1.29, 1.82) is 0 Å². The molecule has 1 atom stereocenters. The van der Waals surface area contributed by atoms with Gasteiger partial charge in [-0.3, -0.25) is 14.8 Å². The average Bonchev–Trinajstić information content (AvgIpc) is 2.54. The molecule has 0 radical (unpaired) electrons. The molecule has 0 unspecified atom stereocenters. The van der Waals surface area contributed by atoms with Crippen molar-refractivity contribution >= 4 is 25.8 Å². The summed E-state index contributed by atoms with van der Waals surface area (Å²) < 4.78 is 5.66. The highest BCUT2D eigenvalue weighted by Crippen LogP contribution is 2.26. The van der Waals surface area contributed by atoms with Crippen LogP contribution in [0.2, 0.25) is 0 Å². The summed E-state index contributed by atoms with van der Waals surface area (Å²) in [4.78, 5) is 23.8.